The second kappa shape index (κ2) is 8.08. The summed E-state index contributed by atoms with van der Waals surface area (Å²) in [6, 6.07) is 15.1. The van der Waals surface area contributed by atoms with Crippen LogP contribution in [0.3, 0.4) is 0 Å². The maximum absolute atomic E-state index is 11.8. The molecule has 4 nitrogen and oxygen atoms in total. The van der Waals surface area contributed by atoms with E-state index in [1.807, 2.05) is 55.5 Å². The molecule has 0 fully saturated rings. The van der Waals surface area contributed by atoms with Crippen LogP contribution in [0.15, 0.2) is 48.5 Å². The molecule has 0 saturated carbocycles. The van der Waals surface area contributed by atoms with Crippen LogP contribution in [0.25, 0.3) is 0 Å². The first-order valence-electron chi connectivity index (χ1n) is 7.31. The van der Waals surface area contributed by atoms with Gasteiger partial charge in [-0.1, -0.05) is 18.2 Å². The van der Waals surface area contributed by atoms with E-state index in [1.165, 1.54) is 0 Å². The summed E-state index contributed by atoms with van der Waals surface area (Å²) < 4.78 is 10.7. The summed E-state index contributed by atoms with van der Waals surface area (Å²) >= 11 is 0. The molecule has 1 amide bonds. The van der Waals surface area contributed by atoms with Gasteiger partial charge in [0.25, 0.3) is 0 Å². The van der Waals surface area contributed by atoms with E-state index in [1.54, 1.807) is 7.11 Å². The summed E-state index contributed by atoms with van der Waals surface area (Å²) in [7, 11) is 1.61. The smallest absolute Gasteiger partial charge is 0.224 e. The van der Waals surface area contributed by atoms with Crippen molar-refractivity contribution in [1.82, 2.24) is 0 Å². The van der Waals surface area contributed by atoms with Gasteiger partial charge in [0.05, 0.1) is 13.7 Å². The van der Waals surface area contributed by atoms with E-state index >= 15 is 0 Å². The Morgan fingerprint density at radius 1 is 1.09 bits per heavy atom. The lowest BCUT2D eigenvalue weighted by Gasteiger charge is -2.09. The molecule has 116 valence electrons. The first kappa shape index (κ1) is 15.9. The predicted molar refractivity (Wildman–Crippen MR) is 87.5 cm³/mol. The molecular weight excluding hydrogens is 278 g/mol. The molecule has 0 aliphatic carbocycles. The quantitative estimate of drug-likeness (QED) is 0.791. The topological polar surface area (TPSA) is 47.6 Å². The third-order valence-corrected chi connectivity index (χ3v) is 3.27. The molecule has 0 radical (unpaired) electrons. The van der Waals surface area contributed by atoms with Gasteiger partial charge in [0.2, 0.25) is 5.91 Å². The van der Waals surface area contributed by atoms with Gasteiger partial charge in [0.15, 0.2) is 0 Å². The van der Waals surface area contributed by atoms with Crippen molar-refractivity contribution in [1.29, 1.82) is 0 Å². The van der Waals surface area contributed by atoms with Crippen LogP contribution in [-0.2, 0) is 4.79 Å². The molecule has 22 heavy (non-hydrogen) atoms. The van der Waals surface area contributed by atoms with Crippen molar-refractivity contribution in [2.75, 3.05) is 19.0 Å². The number of hydrogen-bond donors (Lipinski definition) is 1. The van der Waals surface area contributed by atoms with E-state index in [-0.39, 0.29) is 5.91 Å². The number of rotatable bonds is 7. The first-order valence-corrected chi connectivity index (χ1v) is 7.31. The van der Waals surface area contributed by atoms with Gasteiger partial charge >= 0.3 is 0 Å². The lowest BCUT2D eigenvalue weighted by atomic mass is 10.2. The van der Waals surface area contributed by atoms with Gasteiger partial charge in [0, 0.05) is 12.1 Å². The normalized spacial score (nSPS) is 10.1. The molecule has 2 aromatic carbocycles. The van der Waals surface area contributed by atoms with Gasteiger partial charge in [-0.15, -0.1) is 0 Å². The van der Waals surface area contributed by atoms with Gasteiger partial charge in [0.1, 0.15) is 11.5 Å². The van der Waals surface area contributed by atoms with Crippen LogP contribution < -0.4 is 14.8 Å². The molecule has 0 bridgehead atoms. The molecule has 0 aromatic heterocycles. The molecule has 4 heteroatoms. The summed E-state index contributed by atoms with van der Waals surface area (Å²) in [5, 5.41) is 2.85. The van der Waals surface area contributed by atoms with Crippen LogP contribution in [0.4, 0.5) is 5.69 Å². The Morgan fingerprint density at radius 2 is 1.82 bits per heavy atom. The van der Waals surface area contributed by atoms with E-state index in [4.69, 9.17) is 9.47 Å². The lowest BCUT2D eigenvalue weighted by Crippen LogP contribution is -2.12. The maximum atomic E-state index is 11.8. The number of carbonyl (C=O) groups excluding carboxylic acids is 1. The van der Waals surface area contributed by atoms with Crippen LogP contribution in [0, 0.1) is 6.92 Å². The molecule has 0 saturated heterocycles. The standard InChI is InChI=1S/C18H21NO3/c1-14-6-3-4-7-17(14)22-13-5-8-18(20)19-15-9-11-16(21-2)12-10-15/h3-4,6-7,9-12H,5,8,13H2,1-2H3,(H,19,20). The van der Waals surface area contributed by atoms with Crippen LogP contribution in [0.2, 0.25) is 0 Å². The summed E-state index contributed by atoms with van der Waals surface area (Å²) in [5.74, 6) is 1.63. The van der Waals surface area contributed by atoms with Crippen LogP contribution in [0.5, 0.6) is 11.5 Å². The highest BCUT2D eigenvalue weighted by Crippen LogP contribution is 2.17. The average molecular weight is 299 g/mol. The summed E-state index contributed by atoms with van der Waals surface area (Å²) in [4.78, 5) is 11.8. The fourth-order valence-electron chi connectivity index (χ4n) is 2.03. The van der Waals surface area contributed by atoms with Crippen LogP contribution >= 0.6 is 0 Å². The Labute approximate surface area is 131 Å². The zero-order valence-electron chi connectivity index (χ0n) is 13.0. The van der Waals surface area contributed by atoms with Crippen molar-refractivity contribution in [2.45, 2.75) is 19.8 Å². The molecule has 2 aromatic rings. The minimum Gasteiger partial charge on any atom is -0.497 e. The van der Waals surface area contributed by atoms with Crippen molar-refractivity contribution < 1.29 is 14.3 Å². The molecule has 0 heterocycles. The number of aryl methyl sites for hydroxylation is 1. The van der Waals surface area contributed by atoms with Crippen molar-refractivity contribution in [3.05, 3.63) is 54.1 Å². The lowest BCUT2D eigenvalue weighted by molar-refractivity contribution is -0.116. The molecule has 0 aliphatic rings. The largest absolute Gasteiger partial charge is 0.497 e. The Kier molecular flexibility index (Phi) is 5.83. The predicted octanol–water partition coefficient (Wildman–Crippen LogP) is 3.80. The number of anilines is 1. The van der Waals surface area contributed by atoms with Gasteiger partial charge in [-0.2, -0.15) is 0 Å². The fraction of sp³-hybridized carbons (Fsp3) is 0.278. The number of benzene rings is 2. The SMILES string of the molecule is COc1ccc(NC(=O)CCCOc2ccccc2C)cc1. The number of methoxy groups -OCH3 is 1. The van der Waals surface area contributed by atoms with Gasteiger partial charge in [-0.3, -0.25) is 4.79 Å². The van der Waals surface area contributed by atoms with Gasteiger partial charge in [-0.05, 0) is 49.2 Å². The van der Waals surface area contributed by atoms with Crippen molar-refractivity contribution in [3.63, 3.8) is 0 Å². The van der Waals surface area contributed by atoms with Crippen LogP contribution in [0.1, 0.15) is 18.4 Å². The van der Waals surface area contributed by atoms with Crippen molar-refractivity contribution >= 4 is 11.6 Å². The molecule has 2 rings (SSSR count). The number of carbonyl (C=O) groups is 1. The number of amides is 1. The molecule has 0 aliphatic heterocycles. The minimum atomic E-state index is -0.0152. The molecule has 0 atom stereocenters. The Hall–Kier alpha value is -2.49. The number of hydrogen-bond acceptors (Lipinski definition) is 3. The fourth-order valence-corrected chi connectivity index (χ4v) is 2.03. The monoisotopic (exact) mass is 299 g/mol. The number of ether oxygens (including phenoxy) is 2. The molecule has 0 unspecified atom stereocenters. The first-order chi connectivity index (χ1) is 10.7. The van der Waals surface area contributed by atoms with E-state index in [9.17, 15) is 4.79 Å². The van der Waals surface area contributed by atoms with Crippen molar-refractivity contribution in [3.8, 4) is 11.5 Å². The Morgan fingerprint density at radius 3 is 2.50 bits per heavy atom. The van der Waals surface area contributed by atoms with E-state index in [0.29, 0.717) is 19.4 Å². The van der Waals surface area contributed by atoms with Gasteiger partial charge in [-0.25, -0.2) is 0 Å². The second-order valence-corrected chi connectivity index (χ2v) is 4.99. The highest BCUT2D eigenvalue weighted by Gasteiger charge is 2.03. The Balaban J connectivity index is 1.70. The zero-order valence-corrected chi connectivity index (χ0v) is 13.0. The maximum Gasteiger partial charge on any atom is 0.224 e. The number of para-hydroxylation sites is 1. The third-order valence-electron chi connectivity index (χ3n) is 3.27. The zero-order chi connectivity index (χ0) is 15.8. The second-order valence-electron chi connectivity index (χ2n) is 4.99. The van der Waals surface area contributed by atoms with Crippen molar-refractivity contribution in [2.24, 2.45) is 0 Å². The van der Waals surface area contributed by atoms with E-state index in [2.05, 4.69) is 5.32 Å². The highest BCUT2D eigenvalue weighted by atomic mass is 16.5. The molecule has 1 N–H and O–H groups in total. The minimum absolute atomic E-state index is 0.0152. The van der Waals surface area contributed by atoms with Gasteiger partial charge < -0.3 is 14.8 Å². The number of nitrogens with one attached hydrogen (secondary N) is 1. The third kappa shape index (κ3) is 4.81. The van der Waals surface area contributed by atoms with E-state index in [0.717, 1.165) is 22.7 Å². The summed E-state index contributed by atoms with van der Waals surface area (Å²) in [5.41, 5.74) is 1.87. The van der Waals surface area contributed by atoms with Crippen LogP contribution in [-0.4, -0.2) is 19.6 Å². The molecular formula is C18H21NO3. The Bertz CT molecular complexity index is 608. The van der Waals surface area contributed by atoms with E-state index < -0.39 is 0 Å². The molecule has 0 spiro atoms. The average Bonchev–Trinajstić information content (AvgIpc) is 2.54. The summed E-state index contributed by atoms with van der Waals surface area (Å²) in [6.45, 7) is 2.53. The summed E-state index contributed by atoms with van der Waals surface area (Å²) in [6.07, 6.45) is 1.11. The highest BCUT2D eigenvalue weighted by molar-refractivity contribution is 5.90.